The van der Waals surface area contributed by atoms with Crippen molar-refractivity contribution >= 4 is 0 Å². The van der Waals surface area contributed by atoms with Crippen LogP contribution in [-0.2, 0) is 23.7 Å². The molecule has 6 atom stereocenters. The van der Waals surface area contributed by atoms with Gasteiger partial charge in [-0.2, -0.15) is 0 Å². The minimum absolute atomic E-state index is 0.330. The molecule has 3 rings (SSSR count). The highest BCUT2D eigenvalue weighted by Crippen LogP contribution is 2.35. The van der Waals surface area contributed by atoms with Gasteiger partial charge in [-0.1, -0.05) is 30.3 Å². The van der Waals surface area contributed by atoms with Crippen LogP contribution < -0.4 is 0 Å². The lowest BCUT2D eigenvalue weighted by Crippen LogP contribution is -2.62. The number of methoxy groups -OCH3 is 2. The van der Waals surface area contributed by atoms with E-state index < -0.39 is 30.9 Å². The predicted octanol–water partition coefficient (Wildman–Crippen LogP) is 0.848. The Kier molecular flexibility index (Phi) is 4.54. The lowest BCUT2D eigenvalue weighted by Gasteiger charge is -2.47. The van der Waals surface area contributed by atoms with Gasteiger partial charge in [-0.25, -0.2) is 0 Å². The maximum Gasteiger partial charge on any atom is 0.186 e. The van der Waals surface area contributed by atoms with E-state index in [-0.39, 0.29) is 6.10 Å². The average molecular weight is 296 g/mol. The largest absolute Gasteiger partial charge is 0.385 e. The van der Waals surface area contributed by atoms with Crippen LogP contribution in [0.5, 0.6) is 0 Å². The molecule has 1 aromatic rings. The molecule has 2 aliphatic heterocycles. The molecule has 0 spiro atoms. The number of fused-ring (bicyclic) bond motifs is 1. The molecule has 2 aliphatic rings. The van der Waals surface area contributed by atoms with Crippen molar-refractivity contribution in [1.29, 1.82) is 0 Å². The van der Waals surface area contributed by atoms with Crippen LogP contribution in [0.25, 0.3) is 0 Å². The predicted molar refractivity (Wildman–Crippen MR) is 72.5 cm³/mol. The Bertz CT molecular complexity index is 453. The van der Waals surface area contributed by atoms with E-state index in [1.54, 1.807) is 7.11 Å². The Labute approximate surface area is 123 Å². The van der Waals surface area contributed by atoms with Crippen LogP contribution >= 0.6 is 0 Å². The third-order valence-electron chi connectivity index (χ3n) is 3.88. The molecule has 0 aromatic heterocycles. The smallest absolute Gasteiger partial charge is 0.186 e. The van der Waals surface area contributed by atoms with E-state index in [2.05, 4.69) is 0 Å². The molecule has 2 saturated heterocycles. The maximum absolute atomic E-state index is 10.2. The van der Waals surface area contributed by atoms with Gasteiger partial charge in [0.2, 0.25) is 0 Å². The van der Waals surface area contributed by atoms with Gasteiger partial charge in [-0.05, 0) is 0 Å². The Morgan fingerprint density at radius 3 is 2.52 bits per heavy atom. The topological polar surface area (TPSA) is 66.4 Å². The first-order valence-corrected chi connectivity index (χ1v) is 6.95. The molecule has 0 unspecified atom stereocenters. The first-order valence-electron chi connectivity index (χ1n) is 6.95. The SMILES string of the molecule is CO[C@@H]1O[C@@H]2CO[C@H](c3ccccc3)O[C@@H]2[C@H](OC)[C@@H]1O. The summed E-state index contributed by atoms with van der Waals surface area (Å²) < 4.78 is 27.9. The summed E-state index contributed by atoms with van der Waals surface area (Å²) in [6.45, 7) is 0.358. The minimum Gasteiger partial charge on any atom is -0.385 e. The normalized spacial score (nSPS) is 39.8. The molecule has 1 N–H and O–H groups in total. The molecule has 1 aromatic carbocycles. The molecule has 0 amide bonds. The third kappa shape index (κ3) is 2.83. The minimum atomic E-state index is -0.907. The van der Waals surface area contributed by atoms with Crippen LogP contribution in [0.4, 0.5) is 0 Å². The molecule has 6 nitrogen and oxygen atoms in total. The Balaban J connectivity index is 1.77. The van der Waals surface area contributed by atoms with Crippen molar-refractivity contribution in [2.75, 3.05) is 20.8 Å². The number of benzene rings is 1. The van der Waals surface area contributed by atoms with Crippen LogP contribution in [0.2, 0.25) is 0 Å². The van der Waals surface area contributed by atoms with Crippen molar-refractivity contribution in [2.24, 2.45) is 0 Å². The zero-order chi connectivity index (χ0) is 14.8. The van der Waals surface area contributed by atoms with Crippen LogP contribution in [0, 0.1) is 0 Å². The quantitative estimate of drug-likeness (QED) is 0.892. The van der Waals surface area contributed by atoms with Gasteiger partial charge in [0.05, 0.1) is 6.61 Å². The highest BCUT2D eigenvalue weighted by molar-refractivity contribution is 5.16. The molecular weight excluding hydrogens is 276 g/mol. The fraction of sp³-hybridized carbons (Fsp3) is 0.600. The molecule has 21 heavy (non-hydrogen) atoms. The molecule has 2 fully saturated rings. The van der Waals surface area contributed by atoms with Crippen LogP contribution in [0.15, 0.2) is 30.3 Å². The number of aliphatic hydroxyl groups excluding tert-OH is 1. The second-order valence-electron chi connectivity index (χ2n) is 5.15. The molecular formula is C15H20O6. The van der Waals surface area contributed by atoms with E-state index in [1.165, 1.54) is 7.11 Å². The zero-order valence-corrected chi connectivity index (χ0v) is 12.0. The zero-order valence-electron chi connectivity index (χ0n) is 12.0. The molecule has 0 saturated carbocycles. The summed E-state index contributed by atoms with van der Waals surface area (Å²) in [5, 5.41) is 10.2. The van der Waals surface area contributed by atoms with Crippen LogP contribution in [0.1, 0.15) is 11.9 Å². The fourth-order valence-electron chi connectivity index (χ4n) is 2.81. The standard InChI is InChI=1S/C15H20O6/c1-17-13-11(16)15(18-2)20-10-8-19-14(21-12(10)13)9-6-4-3-5-7-9/h3-7,10-16H,8H2,1-2H3/t10-,11+,12+,13-,14+,15-/m1/s1. The maximum atomic E-state index is 10.2. The van der Waals surface area contributed by atoms with E-state index in [4.69, 9.17) is 23.7 Å². The molecule has 2 heterocycles. The lowest BCUT2D eigenvalue weighted by molar-refractivity contribution is -0.360. The van der Waals surface area contributed by atoms with Gasteiger partial charge in [0, 0.05) is 19.8 Å². The molecule has 0 bridgehead atoms. The molecule has 0 radical (unpaired) electrons. The summed E-state index contributed by atoms with van der Waals surface area (Å²) in [7, 11) is 3.03. The second-order valence-corrected chi connectivity index (χ2v) is 5.15. The monoisotopic (exact) mass is 296 g/mol. The molecule has 0 aliphatic carbocycles. The van der Waals surface area contributed by atoms with Crippen molar-refractivity contribution in [3.8, 4) is 0 Å². The Morgan fingerprint density at radius 1 is 1.10 bits per heavy atom. The van der Waals surface area contributed by atoms with Gasteiger partial charge < -0.3 is 28.8 Å². The van der Waals surface area contributed by atoms with E-state index in [9.17, 15) is 5.11 Å². The van der Waals surface area contributed by atoms with Gasteiger partial charge in [0.15, 0.2) is 12.6 Å². The highest BCUT2D eigenvalue weighted by Gasteiger charge is 2.49. The summed E-state index contributed by atoms with van der Waals surface area (Å²) >= 11 is 0. The van der Waals surface area contributed by atoms with Crippen molar-refractivity contribution in [3.63, 3.8) is 0 Å². The number of hydrogen-bond donors (Lipinski definition) is 1. The Hall–Kier alpha value is -1.02. The summed E-state index contributed by atoms with van der Waals surface area (Å²) in [6, 6.07) is 9.66. The van der Waals surface area contributed by atoms with Gasteiger partial charge in [0.1, 0.15) is 24.4 Å². The summed E-state index contributed by atoms with van der Waals surface area (Å²) in [4.78, 5) is 0. The fourth-order valence-corrected chi connectivity index (χ4v) is 2.81. The van der Waals surface area contributed by atoms with E-state index >= 15 is 0 Å². The molecule has 6 heteroatoms. The summed E-state index contributed by atoms with van der Waals surface area (Å²) in [5.74, 6) is 0. The first-order chi connectivity index (χ1) is 10.2. The van der Waals surface area contributed by atoms with Crippen molar-refractivity contribution in [3.05, 3.63) is 35.9 Å². The third-order valence-corrected chi connectivity index (χ3v) is 3.88. The van der Waals surface area contributed by atoms with Crippen molar-refractivity contribution < 1.29 is 28.8 Å². The van der Waals surface area contributed by atoms with Crippen LogP contribution in [0.3, 0.4) is 0 Å². The Morgan fingerprint density at radius 2 is 1.86 bits per heavy atom. The number of ether oxygens (including phenoxy) is 5. The number of rotatable bonds is 3. The van der Waals surface area contributed by atoms with E-state index in [1.807, 2.05) is 30.3 Å². The van der Waals surface area contributed by atoms with Gasteiger partial charge >= 0.3 is 0 Å². The van der Waals surface area contributed by atoms with Crippen molar-refractivity contribution in [1.82, 2.24) is 0 Å². The van der Waals surface area contributed by atoms with Gasteiger partial charge in [0.25, 0.3) is 0 Å². The average Bonchev–Trinajstić information content (AvgIpc) is 2.54. The van der Waals surface area contributed by atoms with E-state index in [0.717, 1.165) is 5.56 Å². The van der Waals surface area contributed by atoms with Gasteiger partial charge in [-0.3, -0.25) is 0 Å². The number of hydrogen-bond acceptors (Lipinski definition) is 6. The van der Waals surface area contributed by atoms with Gasteiger partial charge in [-0.15, -0.1) is 0 Å². The number of aliphatic hydroxyl groups is 1. The highest BCUT2D eigenvalue weighted by atomic mass is 16.8. The van der Waals surface area contributed by atoms with E-state index in [0.29, 0.717) is 6.61 Å². The summed E-state index contributed by atoms with van der Waals surface area (Å²) in [5.41, 5.74) is 0.925. The first kappa shape index (κ1) is 14.9. The summed E-state index contributed by atoms with van der Waals surface area (Å²) in [6.07, 6.45) is -3.39. The van der Waals surface area contributed by atoms with Crippen LogP contribution in [-0.4, -0.2) is 56.6 Å². The second kappa shape index (κ2) is 6.39. The van der Waals surface area contributed by atoms with Crippen molar-refractivity contribution in [2.45, 2.75) is 37.0 Å². The lowest BCUT2D eigenvalue weighted by atomic mass is 9.97. The molecule has 116 valence electrons.